The maximum atomic E-state index is 9.91. The van der Waals surface area contributed by atoms with Crippen LogP contribution in [0, 0.1) is 17.3 Å². The van der Waals surface area contributed by atoms with E-state index in [0.717, 1.165) is 18.9 Å². The van der Waals surface area contributed by atoms with Gasteiger partial charge in [0.2, 0.25) is 0 Å². The van der Waals surface area contributed by atoms with Gasteiger partial charge in [0.15, 0.2) is 0 Å². The van der Waals surface area contributed by atoms with Crippen molar-refractivity contribution in [2.75, 3.05) is 6.54 Å². The average Bonchev–Trinajstić information content (AvgIpc) is 2.36. The third-order valence-electron chi connectivity index (χ3n) is 5.13. The summed E-state index contributed by atoms with van der Waals surface area (Å²) in [6, 6.07) is 0.630. The molecule has 0 aliphatic heterocycles. The average molecular weight is 269 g/mol. The van der Waals surface area contributed by atoms with Gasteiger partial charge in [-0.15, -0.1) is 0 Å². The lowest BCUT2D eigenvalue weighted by molar-refractivity contribution is 0.117. The summed E-state index contributed by atoms with van der Waals surface area (Å²) in [6.45, 7) is 12.2. The Bertz CT molecular complexity index is 242. The summed E-state index contributed by atoms with van der Waals surface area (Å²) in [7, 11) is 0. The van der Waals surface area contributed by atoms with E-state index in [4.69, 9.17) is 0 Å². The first kappa shape index (κ1) is 17.0. The Kier molecular flexibility index (Phi) is 6.82. The van der Waals surface area contributed by atoms with Gasteiger partial charge in [-0.25, -0.2) is 0 Å². The van der Waals surface area contributed by atoms with Crippen LogP contribution in [0.4, 0.5) is 0 Å². The highest BCUT2D eigenvalue weighted by Gasteiger charge is 2.31. The third kappa shape index (κ3) is 5.83. The van der Waals surface area contributed by atoms with Crippen LogP contribution in [0.5, 0.6) is 0 Å². The van der Waals surface area contributed by atoms with Crippen molar-refractivity contribution >= 4 is 0 Å². The maximum absolute atomic E-state index is 9.91. The molecule has 1 rings (SSSR count). The normalized spacial score (nSPS) is 26.7. The van der Waals surface area contributed by atoms with Crippen LogP contribution in [0.15, 0.2) is 0 Å². The predicted molar refractivity (Wildman–Crippen MR) is 83.3 cm³/mol. The van der Waals surface area contributed by atoms with Crippen molar-refractivity contribution in [2.24, 2.45) is 17.3 Å². The molecule has 0 aromatic carbocycles. The highest BCUT2D eigenvalue weighted by molar-refractivity contribution is 4.85. The SMILES string of the molecule is CCC(C)(C)C1CCC(NCC(O)CC(C)C)CC1. The molecule has 0 heterocycles. The minimum atomic E-state index is -0.176. The van der Waals surface area contributed by atoms with Crippen molar-refractivity contribution in [1.82, 2.24) is 5.32 Å². The van der Waals surface area contributed by atoms with E-state index in [-0.39, 0.29) is 6.10 Å². The zero-order chi connectivity index (χ0) is 14.5. The first-order valence-corrected chi connectivity index (χ1v) is 8.26. The smallest absolute Gasteiger partial charge is 0.0667 e. The summed E-state index contributed by atoms with van der Waals surface area (Å²) in [4.78, 5) is 0. The lowest BCUT2D eigenvalue weighted by Crippen LogP contribution is -2.40. The molecular formula is C17H35NO. The largest absolute Gasteiger partial charge is 0.392 e. The molecule has 2 heteroatoms. The van der Waals surface area contributed by atoms with Gasteiger partial charge < -0.3 is 10.4 Å². The van der Waals surface area contributed by atoms with Gasteiger partial charge >= 0.3 is 0 Å². The zero-order valence-corrected chi connectivity index (χ0v) is 13.7. The molecule has 2 nitrogen and oxygen atoms in total. The van der Waals surface area contributed by atoms with Crippen LogP contribution in [0.3, 0.4) is 0 Å². The summed E-state index contributed by atoms with van der Waals surface area (Å²) < 4.78 is 0. The van der Waals surface area contributed by atoms with E-state index >= 15 is 0 Å². The minimum Gasteiger partial charge on any atom is -0.392 e. The molecule has 19 heavy (non-hydrogen) atoms. The summed E-state index contributed by atoms with van der Waals surface area (Å²) in [5, 5.41) is 13.5. The van der Waals surface area contributed by atoms with Gasteiger partial charge in [0.05, 0.1) is 6.10 Å². The summed E-state index contributed by atoms with van der Waals surface area (Å²) in [5.41, 5.74) is 0.502. The molecule has 0 saturated heterocycles. The van der Waals surface area contributed by atoms with Gasteiger partial charge in [-0.2, -0.15) is 0 Å². The van der Waals surface area contributed by atoms with E-state index in [1.165, 1.54) is 32.1 Å². The van der Waals surface area contributed by atoms with Crippen LogP contribution in [0.2, 0.25) is 0 Å². The Morgan fingerprint density at radius 1 is 1.16 bits per heavy atom. The number of aliphatic hydroxyl groups is 1. The van der Waals surface area contributed by atoms with Crippen LogP contribution >= 0.6 is 0 Å². The predicted octanol–water partition coefficient (Wildman–Crippen LogP) is 3.98. The molecule has 2 N–H and O–H groups in total. The molecule has 0 aromatic heterocycles. The molecule has 0 bridgehead atoms. The van der Waals surface area contributed by atoms with E-state index in [1.54, 1.807) is 0 Å². The first-order valence-electron chi connectivity index (χ1n) is 8.26. The van der Waals surface area contributed by atoms with Crippen LogP contribution in [0.25, 0.3) is 0 Å². The minimum absolute atomic E-state index is 0.176. The van der Waals surface area contributed by atoms with Crippen LogP contribution in [-0.4, -0.2) is 23.8 Å². The first-order chi connectivity index (χ1) is 8.85. The molecule has 0 spiro atoms. The molecule has 1 saturated carbocycles. The van der Waals surface area contributed by atoms with Crippen LogP contribution < -0.4 is 5.32 Å². The molecule has 0 aromatic rings. The lowest BCUT2D eigenvalue weighted by atomic mass is 9.69. The van der Waals surface area contributed by atoms with Crippen LogP contribution in [0.1, 0.15) is 73.1 Å². The van der Waals surface area contributed by atoms with E-state index < -0.39 is 0 Å². The molecule has 114 valence electrons. The fourth-order valence-electron chi connectivity index (χ4n) is 3.30. The van der Waals surface area contributed by atoms with Gasteiger partial charge in [0.1, 0.15) is 0 Å². The van der Waals surface area contributed by atoms with Gasteiger partial charge in [0.25, 0.3) is 0 Å². The number of hydrogen-bond acceptors (Lipinski definition) is 2. The van der Waals surface area contributed by atoms with Gasteiger partial charge in [-0.1, -0.05) is 41.0 Å². The number of aliphatic hydroxyl groups excluding tert-OH is 1. The molecule has 1 aliphatic carbocycles. The van der Waals surface area contributed by atoms with Crippen molar-refractivity contribution in [3.05, 3.63) is 0 Å². The van der Waals surface area contributed by atoms with E-state index in [1.807, 2.05) is 0 Å². The lowest BCUT2D eigenvalue weighted by Gasteiger charge is -2.39. The summed E-state index contributed by atoms with van der Waals surface area (Å²) in [6.07, 6.45) is 7.26. The topological polar surface area (TPSA) is 32.3 Å². The highest BCUT2D eigenvalue weighted by Crippen LogP contribution is 2.40. The maximum Gasteiger partial charge on any atom is 0.0667 e. The van der Waals surface area contributed by atoms with E-state index in [2.05, 4.69) is 39.9 Å². The Balaban J connectivity index is 2.23. The molecule has 1 unspecified atom stereocenters. The Morgan fingerprint density at radius 2 is 1.74 bits per heavy atom. The quantitative estimate of drug-likeness (QED) is 0.733. The number of rotatable bonds is 7. The summed E-state index contributed by atoms with van der Waals surface area (Å²) in [5.74, 6) is 1.47. The number of nitrogens with one attached hydrogen (secondary N) is 1. The molecule has 1 fully saturated rings. The van der Waals surface area contributed by atoms with E-state index in [0.29, 0.717) is 17.4 Å². The molecule has 0 amide bonds. The fraction of sp³-hybridized carbons (Fsp3) is 1.00. The highest BCUT2D eigenvalue weighted by atomic mass is 16.3. The van der Waals surface area contributed by atoms with Crippen molar-refractivity contribution in [1.29, 1.82) is 0 Å². The Hall–Kier alpha value is -0.0800. The fourth-order valence-corrected chi connectivity index (χ4v) is 3.30. The molecule has 1 aliphatic rings. The van der Waals surface area contributed by atoms with Gasteiger partial charge in [-0.05, 0) is 49.4 Å². The molecular weight excluding hydrogens is 234 g/mol. The van der Waals surface area contributed by atoms with E-state index in [9.17, 15) is 5.11 Å². The Morgan fingerprint density at radius 3 is 2.21 bits per heavy atom. The monoisotopic (exact) mass is 269 g/mol. The second-order valence-corrected chi connectivity index (χ2v) is 7.58. The molecule has 1 atom stereocenters. The van der Waals surface area contributed by atoms with Crippen molar-refractivity contribution in [2.45, 2.75) is 85.3 Å². The second-order valence-electron chi connectivity index (χ2n) is 7.58. The second kappa shape index (κ2) is 7.64. The van der Waals surface area contributed by atoms with Crippen LogP contribution in [-0.2, 0) is 0 Å². The van der Waals surface area contributed by atoms with Crippen molar-refractivity contribution < 1.29 is 5.11 Å². The zero-order valence-electron chi connectivity index (χ0n) is 13.7. The number of hydrogen-bond donors (Lipinski definition) is 2. The molecule has 0 radical (unpaired) electrons. The van der Waals surface area contributed by atoms with Crippen molar-refractivity contribution in [3.63, 3.8) is 0 Å². The standard InChI is InChI=1S/C17H35NO/c1-6-17(4,5)14-7-9-15(10-8-14)18-12-16(19)11-13(2)3/h13-16,18-19H,6-12H2,1-5H3. The summed E-state index contributed by atoms with van der Waals surface area (Å²) >= 11 is 0. The van der Waals surface area contributed by atoms with Crippen molar-refractivity contribution in [3.8, 4) is 0 Å². The van der Waals surface area contributed by atoms with Gasteiger partial charge in [0, 0.05) is 12.6 Å². The van der Waals surface area contributed by atoms with Gasteiger partial charge in [-0.3, -0.25) is 0 Å². The third-order valence-corrected chi connectivity index (χ3v) is 5.13. The Labute approximate surface area is 120 Å².